The van der Waals surface area contributed by atoms with Crippen molar-refractivity contribution in [3.8, 4) is 0 Å². The van der Waals surface area contributed by atoms with Crippen molar-refractivity contribution in [2.75, 3.05) is 5.73 Å². The molecule has 0 radical (unpaired) electrons. The number of anilines is 1. The molecule has 1 saturated carbocycles. The third-order valence-electron chi connectivity index (χ3n) is 4.38. The molecule has 2 N–H and O–H groups in total. The van der Waals surface area contributed by atoms with Crippen molar-refractivity contribution >= 4 is 28.6 Å². The fourth-order valence-electron chi connectivity index (χ4n) is 3.34. The highest BCUT2D eigenvalue weighted by atomic mass is 35.5. The van der Waals surface area contributed by atoms with E-state index in [1.807, 2.05) is 18.2 Å². The number of nitrogens with two attached hydrogens (primary N) is 1. The highest BCUT2D eigenvalue weighted by Crippen LogP contribution is 2.37. The monoisotopic (exact) mass is 277 g/mol. The van der Waals surface area contributed by atoms with Gasteiger partial charge in [-0.3, -0.25) is 0 Å². The van der Waals surface area contributed by atoms with E-state index < -0.39 is 0 Å². The van der Waals surface area contributed by atoms with Crippen molar-refractivity contribution < 1.29 is 0 Å². The van der Waals surface area contributed by atoms with Crippen LogP contribution in [0.3, 0.4) is 0 Å². The SMILES string of the molecule is CCC1CCCC(n2c(N)nc3cc(Cl)ccc32)C1. The first kappa shape index (κ1) is 12.8. The van der Waals surface area contributed by atoms with Crippen molar-refractivity contribution in [1.82, 2.24) is 9.55 Å². The third kappa shape index (κ3) is 2.32. The molecule has 1 aromatic heterocycles. The summed E-state index contributed by atoms with van der Waals surface area (Å²) < 4.78 is 2.22. The molecule has 2 aromatic rings. The van der Waals surface area contributed by atoms with E-state index in [0.717, 1.165) is 17.0 Å². The Morgan fingerprint density at radius 2 is 2.26 bits per heavy atom. The summed E-state index contributed by atoms with van der Waals surface area (Å²) in [7, 11) is 0. The molecule has 0 aliphatic heterocycles. The van der Waals surface area contributed by atoms with Crippen molar-refractivity contribution in [2.24, 2.45) is 5.92 Å². The number of rotatable bonds is 2. The molecule has 2 unspecified atom stereocenters. The maximum atomic E-state index is 6.13. The molecule has 3 nitrogen and oxygen atoms in total. The van der Waals surface area contributed by atoms with Gasteiger partial charge in [-0.05, 0) is 37.0 Å². The Labute approximate surface area is 118 Å². The van der Waals surface area contributed by atoms with Gasteiger partial charge in [-0.1, -0.05) is 37.8 Å². The fraction of sp³-hybridized carbons (Fsp3) is 0.533. The molecule has 4 heteroatoms. The highest BCUT2D eigenvalue weighted by Gasteiger charge is 2.25. The van der Waals surface area contributed by atoms with Crippen LogP contribution in [0.1, 0.15) is 45.1 Å². The first-order valence-electron chi connectivity index (χ1n) is 7.12. The topological polar surface area (TPSA) is 43.8 Å². The molecule has 19 heavy (non-hydrogen) atoms. The number of halogens is 1. The third-order valence-corrected chi connectivity index (χ3v) is 4.61. The lowest BCUT2D eigenvalue weighted by molar-refractivity contribution is 0.267. The molecule has 1 heterocycles. The Bertz CT molecular complexity index is 590. The van der Waals surface area contributed by atoms with Gasteiger partial charge in [0.1, 0.15) is 0 Å². The van der Waals surface area contributed by atoms with Gasteiger partial charge in [0, 0.05) is 11.1 Å². The van der Waals surface area contributed by atoms with Gasteiger partial charge in [-0.25, -0.2) is 4.98 Å². The summed E-state index contributed by atoms with van der Waals surface area (Å²) in [4.78, 5) is 4.46. The van der Waals surface area contributed by atoms with Crippen molar-refractivity contribution in [3.63, 3.8) is 0 Å². The summed E-state index contributed by atoms with van der Waals surface area (Å²) >= 11 is 6.02. The van der Waals surface area contributed by atoms with Gasteiger partial charge < -0.3 is 10.3 Å². The van der Waals surface area contributed by atoms with Crippen LogP contribution in [-0.4, -0.2) is 9.55 Å². The van der Waals surface area contributed by atoms with Crippen LogP contribution in [0.15, 0.2) is 18.2 Å². The zero-order valence-electron chi connectivity index (χ0n) is 11.3. The maximum Gasteiger partial charge on any atom is 0.201 e. The average Bonchev–Trinajstić information content (AvgIpc) is 2.73. The van der Waals surface area contributed by atoms with Crippen LogP contribution in [0.4, 0.5) is 5.95 Å². The largest absolute Gasteiger partial charge is 0.369 e. The number of imidazole rings is 1. The van der Waals surface area contributed by atoms with Gasteiger partial charge in [-0.2, -0.15) is 0 Å². The van der Waals surface area contributed by atoms with Gasteiger partial charge in [0.05, 0.1) is 11.0 Å². The molecule has 1 aromatic carbocycles. The molecule has 0 amide bonds. The standard InChI is InChI=1S/C15H20ClN3/c1-2-10-4-3-5-12(8-10)19-14-7-6-11(16)9-13(14)18-15(19)17/h6-7,9-10,12H,2-5,8H2,1H3,(H2,17,18). The number of nitrogen functional groups attached to an aromatic ring is 1. The van der Waals surface area contributed by atoms with Gasteiger partial charge in [0.15, 0.2) is 0 Å². The summed E-state index contributed by atoms with van der Waals surface area (Å²) in [6, 6.07) is 6.34. The predicted octanol–water partition coefficient (Wildman–Crippen LogP) is 4.41. The molecule has 3 rings (SSSR count). The van der Waals surface area contributed by atoms with Crippen molar-refractivity contribution in [2.45, 2.75) is 45.1 Å². The predicted molar refractivity (Wildman–Crippen MR) is 80.4 cm³/mol. The Hall–Kier alpha value is -1.22. The smallest absolute Gasteiger partial charge is 0.201 e. The minimum Gasteiger partial charge on any atom is -0.369 e. The fourth-order valence-corrected chi connectivity index (χ4v) is 3.51. The van der Waals surface area contributed by atoms with Gasteiger partial charge in [0.25, 0.3) is 0 Å². The summed E-state index contributed by atoms with van der Waals surface area (Å²) in [5.74, 6) is 1.45. The average molecular weight is 278 g/mol. The quantitative estimate of drug-likeness (QED) is 0.883. The number of nitrogens with zero attached hydrogens (tertiary/aromatic N) is 2. The van der Waals surface area contributed by atoms with E-state index in [9.17, 15) is 0 Å². The molecule has 0 bridgehead atoms. The first-order valence-corrected chi connectivity index (χ1v) is 7.49. The number of benzene rings is 1. The van der Waals surface area contributed by atoms with E-state index in [1.165, 1.54) is 32.1 Å². The van der Waals surface area contributed by atoms with Crippen molar-refractivity contribution in [3.05, 3.63) is 23.2 Å². The molecule has 1 aliphatic carbocycles. The molecule has 1 fully saturated rings. The van der Waals surface area contributed by atoms with Gasteiger partial charge in [0.2, 0.25) is 5.95 Å². The molecule has 0 spiro atoms. The van der Waals surface area contributed by atoms with Crippen LogP contribution in [-0.2, 0) is 0 Å². The maximum absolute atomic E-state index is 6.13. The minimum absolute atomic E-state index is 0.491. The zero-order chi connectivity index (χ0) is 13.4. The lowest BCUT2D eigenvalue weighted by atomic mass is 9.84. The Morgan fingerprint density at radius 1 is 1.42 bits per heavy atom. The minimum atomic E-state index is 0.491. The molecular formula is C15H20ClN3. The second-order valence-electron chi connectivity index (χ2n) is 5.57. The number of hydrogen-bond acceptors (Lipinski definition) is 2. The van der Waals surface area contributed by atoms with Gasteiger partial charge in [-0.15, -0.1) is 0 Å². The second kappa shape index (κ2) is 5.04. The Kier molecular flexibility index (Phi) is 3.40. The van der Waals surface area contributed by atoms with Crippen LogP contribution < -0.4 is 5.73 Å². The van der Waals surface area contributed by atoms with Crippen LogP contribution in [0, 0.1) is 5.92 Å². The van der Waals surface area contributed by atoms with Gasteiger partial charge >= 0.3 is 0 Å². The summed E-state index contributed by atoms with van der Waals surface area (Å²) in [6.45, 7) is 2.28. The lowest BCUT2D eigenvalue weighted by Crippen LogP contribution is -2.20. The molecule has 102 valence electrons. The van der Waals surface area contributed by atoms with E-state index in [-0.39, 0.29) is 0 Å². The highest BCUT2D eigenvalue weighted by molar-refractivity contribution is 6.31. The number of fused-ring (bicyclic) bond motifs is 1. The first-order chi connectivity index (χ1) is 9.19. The zero-order valence-corrected chi connectivity index (χ0v) is 12.0. The molecular weight excluding hydrogens is 258 g/mol. The van der Waals surface area contributed by atoms with E-state index in [0.29, 0.717) is 17.0 Å². The van der Waals surface area contributed by atoms with Crippen LogP contribution >= 0.6 is 11.6 Å². The van der Waals surface area contributed by atoms with Crippen LogP contribution in [0.5, 0.6) is 0 Å². The Morgan fingerprint density at radius 3 is 3.05 bits per heavy atom. The van der Waals surface area contributed by atoms with E-state index in [4.69, 9.17) is 17.3 Å². The lowest BCUT2D eigenvalue weighted by Gasteiger charge is -2.30. The number of aromatic nitrogens is 2. The second-order valence-corrected chi connectivity index (χ2v) is 6.00. The van der Waals surface area contributed by atoms with E-state index >= 15 is 0 Å². The number of hydrogen-bond donors (Lipinski definition) is 1. The molecule has 1 aliphatic rings. The van der Waals surface area contributed by atoms with Crippen molar-refractivity contribution in [1.29, 1.82) is 0 Å². The van der Waals surface area contributed by atoms with E-state index in [1.54, 1.807) is 0 Å². The Balaban J connectivity index is 2.02. The van der Waals surface area contributed by atoms with Crippen LogP contribution in [0.25, 0.3) is 11.0 Å². The molecule has 2 atom stereocenters. The normalized spacial score (nSPS) is 23.9. The van der Waals surface area contributed by atoms with E-state index in [2.05, 4.69) is 16.5 Å². The summed E-state index contributed by atoms with van der Waals surface area (Å²) in [5, 5.41) is 0.715. The van der Waals surface area contributed by atoms with Crippen LogP contribution in [0.2, 0.25) is 5.02 Å². The molecule has 0 saturated heterocycles. The summed E-state index contributed by atoms with van der Waals surface area (Å²) in [6.07, 6.45) is 6.32. The summed E-state index contributed by atoms with van der Waals surface area (Å²) in [5.41, 5.74) is 8.15.